The molecule has 0 saturated heterocycles. The summed E-state index contributed by atoms with van der Waals surface area (Å²) in [5.41, 5.74) is 14.3. The van der Waals surface area contributed by atoms with Gasteiger partial charge in [-0.1, -0.05) is 42.7 Å². The Hall–Kier alpha value is -2.38. The highest BCUT2D eigenvalue weighted by atomic mass is 35.5. The molecule has 2 aromatic carbocycles. The summed E-state index contributed by atoms with van der Waals surface area (Å²) in [6, 6.07) is 12.2. The van der Waals surface area contributed by atoms with Gasteiger partial charge in [0.05, 0.1) is 11.7 Å². The van der Waals surface area contributed by atoms with E-state index >= 15 is 0 Å². The smallest absolute Gasteiger partial charge is 0.146 e. The van der Waals surface area contributed by atoms with Crippen LogP contribution in [0.25, 0.3) is 11.1 Å². The molecule has 5 rings (SSSR count). The van der Waals surface area contributed by atoms with Crippen LogP contribution in [0.3, 0.4) is 0 Å². The third kappa shape index (κ3) is 5.88. The van der Waals surface area contributed by atoms with Crippen LogP contribution in [0.4, 0.5) is 10.1 Å². The monoisotopic (exact) mass is 523 g/mol. The maximum absolute atomic E-state index is 14.8. The van der Waals surface area contributed by atoms with E-state index in [1.807, 2.05) is 12.1 Å². The molecule has 37 heavy (non-hydrogen) atoms. The number of rotatable bonds is 4. The second-order valence-corrected chi connectivity index (χ2v) is 11.1. The number of nitrogens with zero attached hydrogens (tertiary/aromatic N) is 2. The molecule has 7 heteroatoms. The summed E-state index contributed by atoms with van der Waals surface area (Å²) in [4.78, 5) is 2.66. The van der Waals surface area contributed by atoms with Gasteiger partial charge < -0.3 is 10.3 Å². The summed E-state index contributed by atoms with van der Waals surface area (Å²) in [5, 5.41) is 6.02. The maximum Gasteiger partial charge on any atom is 0.146 e. The van der Waals surface area contributed by atoms with Crippen molar-refractivity contribution in [1.29, 1.82) is 0 Å². The van der Waals surface area contributed by atoms with Gasteiger partial charge in [-0.05, 0) is 91.6 Å². The molecule has 1 unspecified atom stereocenters. The van der Waals surface area contributed by atoms with Crippen molar-refractivity contribution in [3.63, 3.8) is 0 Å². The molecule has 0 spiro atoms. The van der Waals surface area contributed by atoms with Crippen molar-refractivity contribution < 1.29 is 4.39 Å². The Morgan fingerprint density at radius 3 is 2.62 bits per heavy atom. The Kier molecular flexibility index (Phi) is 8.20. The number of halogens is 2. The minimum atomic E-state index is -0.296. The molecule has 0 radical (unpaired) electrons. The molecule has 3 N–H and O–H groups in total. The van der Waals surface area contributed by atoms with E-state index in [0.29, 0.717) is 17.3 Å². The fraction of sp³-hybridized carbons (Fsp3) is 0.467. The SMILES string of the molecule is C/C1=C(/C)N(C)NNCCC(Nc2cc(Cl)ccc2F)c2cc(C3=CCN(C4CCCC4)CC3)ccc21. The summed E-state index contributed by atoms with van der Waals surface area (Å²) < 4.78 is 14.8. The summed E-state index contributed by atoms with van der Waals surface area (Å²) in [6.07, 6.45) is 9.69. The highest BCUT2D eigenvalue weighted by Crippen LogP contribution is 2.36. The number of hydrogen-bond donors (Lipinski definition) is 3. The minimum Gasteiger partial charge on any atom is -0.376 e. The number of hydrazine groups is 2. The van der Waals surface area contributed by atoms with Crippen molar-refractivity contribution in [1.82, 2.24) is 20.9 Å². The first-order valence-electron chi connectivity index (χ1n) is 13.6. The van der Waals surface area contributed by atoms with Gasteiger partial charge in [-0.2, -0.15) is 5.53 Å². The average Bonchev–Trinajstić information content (AvgIpc) is 3.46. The second-order valence-electron chi connectivity index (χ2n) is 10.6. The van der Waals surface area contributed by atoms with Crippen LogP contribution in [0, 0.1) is 5.82 Å². The highest BCUT2D eigenvalue weighted by Gasteiger charge is 2.26. The van der Waals surface area contributed by atoms with Crippen LogP contribution < -0.4 is 16.3 Å². The number of fused-ring (bicyclic) bond motifs is 1. The third-order valence-corrected chi connectivity index (χ3v) is 8.63. The molecular weight excluding hydrogens is 485 g/mol. The minimum absolute atomic E-state index is 0.0949. The van der Waals surface area contributed by atoms with Gasteiger partial charge in [0, 0.05) is 43.4 Å². The van der Waals surface area contributed by atoms with Crippen LogP contribution in [-0.2, 0) is 0 Å². The van der Waals surface area contributed by atoms with Crippen molar-refractivity contribution in [3.8, 4) is 0 Å². The molecule has 3 aliphatic rings. The van der Waals surface area contributed by atoms with Gasteiger partial charge in [0.2, 0.25) is 0 Å². The predicted octanol–water partition coefficient (Wildman–Crippen LogP) is 6.76. The molecule has 2 aliphatic heterocycles. The first-order valence-corrected chi connectivity index (χ1v) is 14.0. The lowest BCUT2D eigenvalue weighted by Gasteiger charge is -2.32. The molecule has 1 aliphatic carbocycles. The molecule has 0 aromatic heterocycles. The fourth-order valence-electron chi connectivity index (χ4n) is 5.96. The van der Waals surface area contributed by atoms with E-state index in [2.05, 4.69) is 59.3 Å². The van der Waals surface area contributed by atoms with Gasteiger partial charge in [-0.25, -0.2) is 9.82 Å². The zero-order chi connectivity index (χ0) is 25.9. The van der Waals surface area contributed by atoms with Crippen molar-refractivity contribution in [3.05, 3.63) is 75.7 Å². The molecule has 2 heterocycles. The third-order valence-electron chi connectivity index (χ3n) is 8.39. The molecule has 1 atom stereocenters. The van der Waals surface area contributed by atoms with E-state index in [1.165, 1.54) is 59.6 Å². The van der Waals surface area contributed by atoms with Gasteiger partial charge >= 0.3 is 0 Å². The van der Waals surface area contributed by atoms with Crippen molar-refractivity contribution in [2.24, 2.45) is 0 Å². The van der Waals surface area contributed by atoms with Crippen LogP contribution >= 0.6 is 11.6 Å². The number of anilines is 1. The van der Waals surface area contributed by atoms with E-state index in [4.69, 9.17) is 11.6 Å². The van der Waals surface area contributed by atoms with Crippen molar-refractivity contribution in [2.45, 2.75) is 64.5 Å². The highest BCUT2D eigenvalue weighted by molar-refractivity contribution is 6.30. The molecule has 0 bridgehead atoms. The van der Waals surface area contributed by atoms with Gasteiger partial charge in [-0.15, -0.1) is 0 Å². The van der Waals surface area contributed by atoms with Crippen LogP contribution in [0.5, 0.6) is 0 Å². The molecular formula is C30H39ClFN5. The summed E-state index contributed by atoms with van der Waals surface area (Å²) in [7, 11) is 2.02. The molecule has 1 saturated carbocycles. The predicted molar refractivity (Wildman–Crippen MR) is 152 cm³/mol. The summed E-state index contributed by atoms with van der Waals surface area (Å²) in [5.74, 6) is -0.296. The Morgan fingerprint density at radius 1 is 1.05 bits per heavy atom. The lowest BCUT2D eigenvalue weighted by Crippen LogP contribution is -2.45. The van der Waals surface area contributed by atoms with Crippen LogP contribution in [0.1, 0.15) is 75.1 Å². The van der Waals surface area contributed by atoms with Crippen molar-refractivity contribution in [2.75, 3.05) is 32.0 Å². The topological polar surface area (TPSA) is 42.6 Å². The Bertz CT molecular complexity index is 1190. The van der Waals surface area contributed by atoms with Crippen molar-refractivity contribution >= 4 is 28.4 Å². The number of allylic oxidation sites excluding steroid dienone is 2. The van der Waals surface area contributed by atoms with Crippen LogP contribution in [0.15, 0.2) is 48.2 Å². The largest absolute Gasteiger partial charge is 0.376 e. The Labute approximate surface area is 225 Å². The van der Waals surface area contributed by atoms with E-state index in [9.17, 15) is 4.39 Å². The first kappa shape index (κ1) is 26.2. The van der Waals surface area contributed by atoms with Gasteiger partial charge in [0.1, 0.15) is 5.82 Å². The lowest BCUT2D eigenvalue weighted by molar-refractivity contribution is 0.219. The Morgan fingerprint density at radius 2 is 1.86 bits per heavy atom. The first-order chi connectivity index (χ1) is 17.9. The van der Waals surface area contributed by atoms with E-state index in [-0.39, 0.29) is 11.9 Å². The molecule has 1 fully saturated rings. The quantitative estimate of drug-likeness (QED) is 0.413. The van der Waals surface area contributed by atoms with Crippen LogP contribution in [0.2, 0.25) is 5.02 Å². The van der Waals surface area contributed by atoms with E-state index in [0.717, 1.165) is 37.7 Å². The summed E-state index contributed by atoms with van der Waals surface area (Å²) in [6.45, 7) is 7.14. The second kappa shape index (κ2) is 11.6. The fourth-order valence-corrected chi connectivity index (χ4v) is 6.14. The van der Waals surface area contributed by atoms with Crippen LogP contribution in [-0.4, -0.2) is 42.6 Å². The normalized spacial score (nSPS) is 24.1. The molecule has 2 aromatic rings. The maximum atomic E-state index is 14.8. The van der Waals surface area contributed by atoms with Gasteiger partial charge in [0.25, 0.3) is 0 Å². The standard InChI is InChI=1S/C30H39ClFN5/c1-20-21(2)36(3)35-33-15-12-29(34-30-19-24(31)9-11-28(30)32)27-18-23(8-10-26(20)27)22-13-16-37(17-14-22)25-6-4-5-7-25/h8-11,13,18-19,25,29,33-35H,4-7,12,14-17H2,1-3H3/b21-20+. The average molecular weight is 524 g/mol. The lowest BCUT2D eigenvalue weighted by atomic mass is 9.88. The molecule has 198 valence electrons. The van der Waals surface area contributed by atoms with E-state index < -0.39 is 0 Å². The van der Waals surface area contributed by atoms with E-state index in [1.54, 1.807) is 12.1 Å². The van der Waals surface area contributed by atoms with Gasteiger partial charge in [0.15, 0.2) is 0 Å². The van der Waals surface area contributed by atoms with Gasteiger partial charge in [-0.3, -0.25) is 4.90 Å². The number of hydrogen-bond acceptors (Lipinski definition) is 5. The molecule has 0 amide bonds. The zero-order valence-electron chi connectivity index (χ0n) is 22.2. The Balaban J connectivity index is 1.52. The number of nitrogens with one attached hydrogen (secondary N) is 3. The summed E-state index contributed by atoms with van der Waals surface area (Å²) >= 11 is 6.23. The zero-order valence-corrected chi connectivity index (χ0v) is 23.0. The molecule has 5 nitrogen and oxygen atoms in total. The number of benzene rings is 2.